The van der Waals surface area contributed by atoms with Gasteiger partial charge in [0.25, 0.3) is 5.82 Å². The van der Waals surface area contributed by atoms with E-state index in [9.17, 15) is 0 Å². The number of benzene rings is 2. The highest BCUT2D eigenvalue weighted by Crippen LogP contribution is 2.42. The molecule has 0 saturated heterocycles. The Hall–Kier alpha value is -2.35. The minimum absolute atomic E-state index is 0.0180. The molecule has 0 bridgehead atoms. The van der Waals surface area contributed by atoms with Crippen LogP contribution in [0.1, 0.15) is 95.0 Å². The van der Waals surface area contributed by atoms with Crippen molar-refractivity contribution in [2.24, 2.45) is 0 Å². The minimum atomic E-state index is 0.0180. The molecular formula is C30H43N2+. The number of hydrogen-bond donors (Lipinski definition) is 1. The molecule has 1 N–H and O–H groups in total. The molecule has 32 heavy (non-hydrogen) atoms. The van der Waals surface area contributed by atoms with E-state index in [1.807, 2.05) is 0 Å². The van der Waals surface area contributed by atoms with Crippen LogP contribution in [0.4, 0.5) is 0 Å². The van der Waals surface area contributed by atoms with Crippen LogP contribution in [0, 0.1) is 0 Å². The van der Waals surface area contributed by atoms with Crippen LogP contribution in [-0.4, -0.2) is 4.98 Å². The van der Waals surface area contributed by atoms with Gasteiger partial charge in [-0.15, -0.1) is 0 Å². The monoisotopic (exact) mass is 431 g/mol. The van der Waals surface area contributed by atoms with Gasteiger partial charge in [-0.1, -0.05) is 114 Å². The number of H-pyrrole nitrogens is 1. The van der Waals surface area contributed by atoms with Crippen LogP contribution in [0.5, 0.6) is 0 Å². The molecule has 0 fully saturated rings. The lowest BCUT2D eigenvalue weighted by Gasteiger charge is -2.36. The molecule has 0 aliphatic carbocycles. The van der Waals surface area contributed by atoms with E-state index in [0.29, 0.717) is 5.92 Å². The molecule has 0 spiro atoms. The second-order valence-electron chi connectivity index (χ2n) is 9.57. The smallest absolute Gasteiger partial charge is 0.247 e. The fourth-order valence-electron chi connectivity index (χ4n) is 5.32. The SMILES string of the molecule is CCCCCCCCC[n+]1cc[nH]c1C(CC)C(C)(Cc1ccccc1)c1ccccc1. The summed E-state index contributed by atoms with van der Waals surface area (Å²) in [6.45, 7) is 8.20. The van der Waals surface area contributed by atoms with Crippen LogP contribution in [0.15, 0.2) is 73.1 Å². The first-order chi connectivity index (χ1) is 15.7. The summed E-state index contributed by atoms with van der Waals surface area (Å²) in [6, 6.07) is 22.1. The van der Waals surface area contributed by atoms with Gasteiger partial charge in [-0.05, 0) is 36.8 Å². The Morgan fingerprint density at radius 1 is 0.812 bits per heavy atom. The second-order valence-corrected chi connectivity index (χ2v) is 9.57. The first-order valence-electron chi connectivity index (χ1n) is 12.8. The van der Waals surface area contributed by atoms with Gasteiger partial charge in [-0.3, -0.25) is 0 Å². The molecule has 3 aromatic rings. The summed E-state index contributed by atoms with van der Waals surface area (Å²) in [6.07, 6.45) is 16.0. The highest BCUT2D eigenvalue weighted by Gasteiger charge is 2.41. The second kappa shape index (κ2) is 12.6. The fraction of sp³-hybridized carbons (Fsp3) is 0.500. The van der Waals surface area contributed by atoms with Crippen molar-refractivity contribution in [1.29, 1.82) is 0 Å². The number of nitrogens with one attached hydrogen (secondary N) is 1. The zero-order valence-electron chi connectivity index (χ0n) is 20.5. The zero-order chi connectivity index (χ0) is 22.7. The van der Waals surface area contributed by atoms with E-state index in [1.165, 1.54) is 61.9 Å². The minimum Gasteiger partial charge on any atom is -0.247 e. The van der Waals surface area contributed by atoms with E-state index in [0.717, 1.165) is 19.4 Å². The highest BCUT2D eigenvalue weighted by molar-refractivity contribution is 5.32. The van der Waals surface area contributed by atoms with Crippen LogP contribution in [0.25, 0.3) is 0 Å². The van der Waals surface area contributed by atoms with Crippen molar-refractivity contribution in [2.45, 2.75) is 96.4 Å². The lowest BCUT2D eigenvalue weighted by Crippen LogP contribution is -2.43. The van der Waals surface area contributed by atoms with Crippen molar-refractivity contribution in [2.75, 3.05) is 0 Å². The molecule has 1 heterocycles. The third-order valence-corrected chi connectivity index (χ3v) is 7.15. The number of unbranched alkanes of at least 4 members (excludes halogenated alkanes) is 6. The van der Waals surface area contributed by atoms with Gasteiger partial charge in [-0.25, -0.2) is 9.55 Å². The van der Waals surface area contributed by atoms with Gasteiger partial charge < -0.3 is 0 Å². The summed E-state index contributed by atoms with van der Waals surface area (Å²) in [7, 11) is 0. The number of nitrogens with zero attached hydrogens (tertiary/aromatic N) is 1. The van der Waals surface area contributed by atoms with Crippen LogP contribution in [-0.2, 0) is 18.4 Å². The van der Waals surface area contributed by atoms with E-state index in [-0.39, 0.29) is 5.41 Å². The summed E-state index contributed by atoms with van der Waals surface area (Å²) in [5.74, 6) is 1.80. The van der Waals surface area contributed by atoms with E-state index < -0.39 is 0 Å². The zero-order valence-corrected chi connectivity index (χ0v) is 20.5. The fourth-order valence-corrected chi connectivity index (χ4v) is 5.32. The molecule has 0 amide bonds. The molecular weight excluding hydrogens is 388 g/mol. The molecule has 2 unspecified atom stereocenters. The molecule has 0 saturated carbocycles. The Kier molecular flexibility index (Phi) is 9.59. The number of aromatic nitrogens is 2. The summed E-state index contributed by atoms with van der Waals surface area (Å²) < 4.78 is 2.49. The topological polar surface area (TPSA) is 19.7 Å². The average Bonchev–Trinajstić information content (AvgIpc) is 3.28. The molecule has 1 aromatic heterocycles. The predicted molar refractivity (Wildman–Crippen MR) is 136 cm³/mol. The van der Waals surface area contributed by atoms with Gasteiger partial charge in [0.05, 0.1) is 12.5 Å². The average molecular weight is 432 g/mol. The van der Waals surface area contributed by atoms with Gasteiger partial charge in [0.1, 0.15) is 12.4 Å². The lowest BCUT2D eigenvalue weighted by molar-refractivity contribution is -0.705. The largest absolute Gasteiger partial charge is 0.258 e. The van der Waals surface area contributed by atoms with Crippen molar-refractivity contribution >= 4 is 0 Å². The van der Waals surface area contributed by atoms with Crippen molar-refractivity contribution in [3.05, 3.63) is 90.0 Å². The molecule has 0 radical (unpaired) electrons. The van der Waals surface area contributed by atoms with Gasteiger partial charge in [0.15, 0.2) is 0 Å². The van der Waals surface area contributed by atoms with Gasteiger partial charge in [0, 0.05) is 5.41 Å². The molecule has 0 aliphatic heterocycles. The van der Waals surface area contributed by atoms with Crippen molar-refractivity contribution in [1.82, 2.24) is 4.98 Å². The Morgan fingerprint density at radius 2 is 1.44 bits per heavy atom. The summed E-state index contributed by atoms with van der Waals surface area (Å²) in [5, 5.41) is 0. The van der Waals surface area contributed by atoms with Crippen LogP contribution in [0.2, 0.25) is 0 Å². The Labute approximate surface area is 196 Å². The van der Waals surface area contributed by atoms with Crippen LogP contribution >= 0.6 is 0 Å². The van der Waals surface area contributed by atoms with E-state index in [2.05, 4.69) is 103 Å². The number of aromatic amines is 1. The van der Waals surface area contributed by atoms with Crippen molar-refractivity contribution in [3.8, 4) is 0 Å². The third kappa shape index (κ3) is 6.34. The Bertz CT molecular complexity index is 883. The maximum absolute atomic E-state index is 3.65. The molecule has 2 aromatic carbocycles. The van der Waals surface area contributed by atoms with E-state index in [1.54, 1.807) is 0 Å². The molecule has 172 valence electrons. The molecule has 0 aliphatic rings. The highest BCUT2D eigenvalue weighted by atomic mass is 15.1. The maximum atomic E-state index is 3.65. The third-order valence-electron chi connectivity index (χ3n) is 7.15. The quantitative estimate of drug-likeness (QED) is 0.199. The van der Waals surface area contributed by atoms with Gasteiger partial charge >= 0.3 is 0 Å². The first kappa shape index (κ1) is 24.3. The van der Waals surface area contributed by atoms with Crippen molar-refractivity contribution in [3.63, 3.8) is 0 Å². The predicted octanol–water partition coefficient (Wildman–Crippen LogP) is 7.75. The molecule has 2 heteroatoms. The number of aryl methyl sites for hydroxylation is 1. The molecule has 2 atom stereocenters. The molecule has 3 rings (SSSR count). The van der Waals surface area contributed by atoms with Gasteiger partial charge in [-0.2, -0.15) is 0 Å². The maximum Gasteiger partial charge on any atom is 0.258 e. The normalized spacial score (nSPS) is 14.2. The summed E-state index contributed by atoms with van der Waals surface area (Å²) >= 11 is 0. The summed E-state index contributed by atoms with van der Waals surface area (Å²) in [4.78, 5) is 3.65. The van der Waals surface area contributed by atoms with Crippen LogP contribution in [0.3, 0.4) is 0 Å². The number of rotatable bonds is 14. The number of imidazole rings is 1. The van der Waals surface area contributed by atoms with Crippen molar-refractivity contribution < 1.29 is 4.57 Å². The Morgan fingerprint density at radius 3 is 2.09 bits per heavy atom. The standard InChI is InChI=1S/C30H42N2/c1-4-6-7-8-9-10-17-23-32-24-22-31-29(32)28(5-2)30(3,27-20-15-12-16-21-27)25-26-18-13-11-14-19-26/h11-16,18-22,24,28H,4-10,17,23,25H2,1-3H3/p+1. The van der Waals surface area contributed by atoms with E-state index >= 15 is 0 Å². The lowest BCUT2D eigenvalue weighted by atomic mass is 9.66. The first-order valence-corrected chi connectivity index (χ1v) is 12.8. The van der Waals surface area contributed by atoms with Gasteiger partial charge in [0.2, 0.25) is 0 Å². The van der Waals surface area contributed by atoms with Crippen LogP contribution < -0.4 is 4.57 Å². The molecule has 2 nitrogen and oxygen atoms in total. The Balaban J connectivity index is 1.79. The summed E-state index contributed by atoms with van der Waals surface area (Å²) in [5.41, 5.74) is 2.85. The number of hydrogen-bond acceptors (Lipinski definition) is 0. The van der Waals surface area contributed by atoms with E-state index in [4.69, 9.17) is 0 Å².